The number of fused-ring (bicyclic) bond motifs is 1. The lowest BCUT2D eigenvalue weighted by atomic mass is 9.80. The summed E-state index contributed by atoms with van der Waals surface area (Å²) in [6.07, 6.45) is 0.676. The second kappa shape index (κ2) is 8.28. The van der Waals surface area contributed by atoms with Gasteiger partial charge >= 0.3 is 5.97 Å². The van der Waals surface area contributed by atoms with Crippen molar-refractivity contribution >= 4 is 23.2 Å². The molecule has 6 nitrogen and oxygen atoms in total. The summed E-state index contributed by atoms with van der Waals surface area (Å²) in [5.74, 6) is -0.469. The number of carbonyl (C=O) groups is 2. The second-order valence-corrected chi connectivity index (χ2v) is 8.43. The molecule has 0 spiro atoms. The smallest absolute Gasteiger partial charge is 0.304 e. The summed E-state index contributed by atoms with van der Waals surface area (Å²) in [6.45, 7) is 0.260. The molecule has 2 aromatic carbocycles. The first-order valence-corrected chi connectivity index (χ1v) is 10.5. The zero-order valence-corrected chi connectivity index (χ0v) is 17.4. The lowest BCUT2D eigenvalue weighted by Gasteiger charge is -2.25. The predicted octanol–water partition coefficient (Wildman–Crippen LogP) is 3.69. The van der Waals surface area contributed by atoms with Gasteiger partial charge in [0.1, 0.15) is 10.8 Å². The van der Waals surface area contributed by atoms with Gasteiger partial charge in [-0.15, -0.1) is 11.3 Å². The number of rotatable bonds is 7. The number of carbonyl (C=O) groups excluding carboxylic acids is 1. The molecule has 1 aliphatic carbocycles. The summed E-state index contributed by atoms with van der Waals surface area (Å²) in [6, 6.07) is 15.4. The Balaban J connectivity index is 1.49. The van der Waals surface area contributed by atoms with E-state index in [9.17, 15) is 14.7 Å². The molecule has 1 amide bonds. The Morgan fingerprint density at radius 3 is 2.47 bits per heavy atom. The van der Waals surface area contributed by atoms with Crippen LogP contribution in [0.25, 0.3) is 11.3 Å². The number of nitrogens with one attached hydrogen (secondary N) is 1. The minimum atomic E-state index is -0.967. The Hall–Kier alpha value is -3.19. The van der Waals surface area contributed by atoms with Crippen molar-refractivity contribution in [1.29, 1.82) is 0 Å². The van der Waals surface area contributed by atoms with E-state index in [1.54, 1.807) is 7.11 Å². The summed E-state index contributed by atoms with van der Waals surface area (Å²) in [5.41, 5.74) is 2.80. The van der Waals surface area contributed by atoms with Crippen LogP contribution in [0.2, 0.25) is 0 Å². The van der Waals surface area contributed by atoms with E-state index >= 15 is 0 Å². The number of hydrogen-bond acceptors (Lipinski definition) is 5. The Morgan fingerprint density at radius 2 is 1.80 bits per heavy atom. The average molecular weight is 423 g/mol. The standard InChI is InChI=1S/C23H22N2O4S/c1-29-19-9-5-4-8-17(19)18-14-30-20(25-18)13-24-22(28)23(12-21(26)27)10-15-6-2-3-7-16(15)11-23/h2-9,14H,10-13H2,1H3,(H,24,28)(H,26,27). The van der Waals surface area contributed by atoms with Gasteiger partial charge in [-0.3, -0.25) is 9.59 Å². The number of hydrogen-bond donors (Lipinski definition) is 2. The SMILES string of the molecule is COc1ccccc1-c1csc(CNC(=O)C2(CC(=O)O)Cc3ccccc3C2)n1. The minimum Gasteiger partial charge on any atom is -0.496 e. The molecule has 30 heavy (non-hydrogen) atoms. The first-order valence-electron chi connectivity index (χ1n) is 9.65. The number of aromatic nitrogens is 1. The van der Waals surface area contributed by atoms with Crippen LogP contribution in [0.5, 0.6) is 5.75 Å². The van der Waals surface area contributed by atoms with Crippen molar-refractivity contribution in [2.45, 2.75) is 25.8 Å². The highest BCUT2D eigenvalue weighted by molar-refractivity contribution is 7.09. The van der Waals surface area contributed by atoms with E-state index in [1.807, 2.05) is 53.9 Å². The largest absolute Gasteiger partial charge is 0.496 e. The molecule has 0 aliphatic heterocycles. The highest BCUT2D eigenvalue weighted by atomic mass is 32.1. The minimum absolute atomic E-state index is 0.197. The molecule has 1 aromatic heterocycles. The quantitative estimate of drug-likeness (QED) is 0.606. The highest BCUT2D eigenvalue weighted by Crippen LogP contribution is 2.40. The number of ether oxygens (including phenoxy) is 1. The van der Waals surface area contributed by atoms with Crippen molar-refractivity contribution in [2.24, 2.45) is 5.41 Å². The normalized spacial score (nSPS) is 14.2. The van der Waals surface area contributed by atoms with Crippen LogP contribution in [-0.2, 0) is 29.0 Å². The Labute approximate surface area is 178 Å². The van der Waals surface area contributed by atoms with Gasteiger partial charge in [-0.05, 0) is 36.1 Å². The number of aliphatic carboxylic acids is 1. The molecule has 1 heterocycles. The summed E-state index contributed by atoms with van der Waals surface area (Å²) in [5, 5.41) is 15.0. The van der Waals surface area contributed by atoms with Crippen molar-refractivity contribution in [3.8, 4) is 17.0 Å². The molecule has 0 fully saturated rings. The van der Waals surface area contributed by atoms with Crippen LogP contribution < -0.4 is 10.1 Å². The third kappa shape index (κ3) is 3.93. The number of nitrogens with zero attached hydrogens (tertiary/aromatic N) is 1. The van der Waals surface area contributed by atoms with E-state index in [1.165, 1.54) is 11.3 Å². The van der Waals surface area contributed by atoms with Crippen molar-refractivity contribution in [3.05, 3.63) is 70.0 Å². The first kappa shape index (κ1) is 20.1. The lowest BCUT2D eigenvalue weighted by Crippen LogP contribution is -2.43. The molecule has 0 unspecified atom stereocenters. The Kier molecular flexibility index (Phi) is 5.55. The number of carboxylic acids is 1. The fraction of sp³-hybridized carbons (Fsp3) is 0.261. The molecule has 0 bridgehead atoms. The van der Waals surface area contributed by atoms with Crippen molar-refractivity contribution in [3.63, 3.8) is 0 Å². The van der Waals surface area contributed by atoms with Gasteiger partial charge in [0.25, 0.3) is 0 Å². The van der Waals surface area contributed by atoms with Gasteiger partial charge < -0.3 is 15.2 Å². The highest BCUT2D eigenvalue weighted by Gasteiger charge is 2.45. The Bertz CT molecular complexity index is 1070. The molecule has 0 atom stereocenters. The number of benzene rings is 2. The molecule has 1 aliphatic rings. The molecule has 7 heteroatoms. The number of amides is 1. The molecule has 0 saturated carbocycles. The van der Waals surface area contributed by atoms with Crippen LogP contribution >= 0.6 is 11.3 Å². The monoisotopic (exact) mass is 422 g/mol. The Morgan fingerprint density at radius 1 is 1.13 bits per heavy atom. The fourth-order valence-corrected chi connectivity index (χ4v) is 4.80. The van der Waals surface area contributed by atoms with E-state index in [-0.39, 0.29) is 18.9 Å². The maximum atomic E-state index is 13.1. The molecule has 4 rings (SSSR count). The molecule has 3 aromatic rings. The first-order chi connectivity index (χ1) is 14.5. The zero-order valence-electron chi connectivity index (χ0n) is 16.6. The van der Waals surface area contributed by atoms with Crippen LogP contribution in [0.3, 0.4) is 0 Å². The number of thiazole rings is 1. The topological polar surface area (TPSA) is 88.5 Å². The maximum absolute atomic E-state index is 13.1. The van der Waals surface area contributed by atoms with E-state index in [4.69, 9.17) is 4.74 Å². The maximum Gasteiger partial charge on any atom is 0.304 e. The summed E-state index contributed by atoms with van der Waals surface area (Å²) >= 11 is 1.45. The van der Waals surface area contributed by atoms with Crippen LogP contribution in [0.1, 0.15) is 22.6 Å². The molecule has 2 N–H and O–H groups in total. The number of methoxy groups -OCH3 is 1. The van der Waals surface area contributed by atoms with E-state index in [0.29, 0.717) is 12.8 Å². The van der Waals surface area contributed by atoms with Crippen molar-refractivity contribution in [2.75, 3.05) is 7.11 Å². The van der Waals surface area contributed by atoms with Gasteiger partial charge in [-0.25, -0.2) is 4.98 Å². The molecule has 154 valence electrons. The van der Waals surface area contributed by atoms with Gasteiger partial charge in [0, 0.05) is 10.9 Å². The van der Waals surface area contributed by atoms with Crippen molar-refractivity contribution in [1.82, 2.24) is 10.3 Å². The van der Waals surface area contributed by atoms with Crippen LogP contribution in [0.15, 0.2) is 53.9 Å². The van der Waals surface area contributed by atoms with E-state index < -0.39 is 11.4 Å². The summed E-state index contributed by atoms with van der Waals surface area (Å²) in [7, 11) is 1.62. The molecule has 0 radical (unpaired) electrons. The predicted molar refractivity (Wildman–Crippen MR) is 114 cm³/mol. The van der Waals surface area contributed by atoms with Gasteiger partial charge in [0.15, 0.2) is 0 Å². The van der Waals surface area contributed by atoms with Gasteiger partial charge in [-0.1, -0.05) is 36.4 Å². The summed E-state index contributed by atoms with van der Waals surface area (Å²) in [4.78, 5) is 29.2. The van der Waals surface area contributed by atoms with Crippen molar-refractivity contribution < 1.29 is 19.4 Å². The van der Waals surface area contributed by atoms with Gasteiger partial charge in [0.2, 0.25) is 5.91 Å². The van der Waals surface area contributed by atoms with Crippen LogP contribution in [0, 0.1) is 5.41 Å². The second-order valence-electron chi connectivity index (χ2n) is 7.48. The van der Waals surface area contributed by atoms with E-state index in [0.717, 1.165) is 33.1 Å². The molecular formula is C23H22N2O4S. The van der Waals surface area contributed by atoms with Gasteiger partial charge in [0.05, 0.1) is 31.2 Å². The third-order valence-corrected chi connectivity index (χ3v) is 6.33. The average Bonchev–Trinajstić information content (AvgIpc) is 3.36. The van der Waals surface area contributed by atoms with Crippen LogP contribution in [-0.4, -0.2) is 29.1 Å². The number of para-hydroxylation sites is 1. The van der Waals surface area contributed by atoms with Gasteiger partial charge in [-0.2, -0.15) is 0 Å². The molecular weight excluding hydrogens is 400 g/mol. The third-order valence-electron chi connectivity index (χ3n) is 5.48. The zero-order chi connectivity index (χ0) is 21.1. The summed E-state index contributed by atoms with van der Waals surface area (Å²) < 4.78 is 5.39. The lowest BCUT2D eigenvalue weighted by molar-refractivity contribution is -0.145. The molecule has 0 saturated heterocycles. The fourth-order valence-electron chi connectivity index (χ4n) is 4.06. The van der Waals surface area contributed by atoms with Crippen LogP contribution in [0.4, 0.5) is 0 Å². The number of carboxylic acid groups (broad SMARTS) is 1. The van der Waals surface area contributed by atoms with E-state index in [2.05, 4.69) is 10.3 Å².